The third-order valence-corrected chi connectivity index (χ3v) is 2.41. The predicted molar refractivity (Wildman–Crippen MR) is 70.3 cm³/mol. The van der Waals surface area contributed by atoms with Crippen molar-refractivity contribution in [3.8, 4) is 0 Å². The first-order chi connectivity index (χ1) is 9.49. The minimum absolute atomic E-state index is 0.0389. The number of rotatable bonds is 9. The van der Waals surface area contributed by atoms with Crippen LogP contribution in [0, 0.1) is 0 Å². The van der Waals surface area contributed by atoms with E-state index in [2.05, 4.69) is 15.6 Å². The van der Waals surface area contributed by atoms with Crippen LogP contribution in [0.3, 0.4) is 0 Å². The molecule has 1 amide bonds. The van der Waals surface area contributed by atoms with Crippen molar-refractivity contribution in [1.82, 2.24) is 20.3 Å². The summed E-state index contributed by atoms with van der Waals surface area (Å²) in [7, 11) is 0. The van der Waals surface area contributed by atoms with Gasteiger partial charge in [0.05, 0.1) is 12.3 Å². The lowest BCUT2D eigenvalue weighted by Crippen LogP contribution is -2.28. The Morgan fingerprint density at radius 3 is 2.80 bits per heavy atom. The summed E-state index contributed by atoms with van der Waals surface area (Å²) < 4.78 is 6.57. The third-order valence-electron chi connectivity index (χ3n) is 2.41. The van der Waals surface area contributed by atoms with E-state index in [4.69, 9.17) is 9.84 Å². The van der Waals surface area contributed by atoms with E-state index in [0.717, 1.165) is 12.8 Å². The number of hydrogen-bond donors (Lipinski definition) is 2. The van der Waals surface area contributed by atoms with Crippen LogP contribution < -0.4 is 5.32 Å². The molecule has 0 saturated carbocycles. The molecule has 2 N–H and O–H groups in total. The topological polar surface area (TPSA) is 106 Å². The molecule has 8 heteroatoms. The largest absolute Gasteiger partial charge is 0.476 e. The van der Waals surface area contributed by atoms with E-state index < -0.39 is 5.97 Å². The first-order valence-corrected chi connectivity index (χ1v) is 6.50. The summed E-state index contributed by atoms with van der Waals surface area (Å²) in [6.07, 6.45) is 3.15. The fourth-order valence-corrected chi connectivity index (χ4v) is 1.45. The SMILES string of the molecule is CC(C)OCCCCNC(=O)Cn1cc(C(=O)O)nn1. The molecule has 1 aromatic heterocycles. The van der Waals surface area contributed by atoms with E-state index in [1.54, 1.807) is 0 Å². The zero-order chi connectivity index (χ0) is 15.0. The van der Waals surface area contributed by atoms with Gasteiger partial charge < -0.3 is 15.2 Å². The Labute approximate surface area is 117 Å². The molecule has 1 aromatic rings. The summed E-state index contributed by atoms with van der Waals surface area (Å²) in [6.45, 7) is 5.15. The van der Waals surface area contributed by atoms with Crippen LogP contribution in [0.4, 0.5) is 0 Å². The fraction of sp³-hybridized carbons (Fsp3) is 0.667. The third kappa shape index (κ3) is 6.28. The van der Waals surface area contributed by atoms with Gasteiger partial charge in [0, 0.05) is 13.2 Å². The highest BCUT2D eigenvalue weighted by Crippen LogP contribution is 1.94. The maximum Gasteiger partial charge on any atom is 0.358 e. The predicted octanol–water partition coefficient (Wildman–Crippen LogP) is 0.298. The highest BCUT2D eigenvalue weighted by Gasteiger charge is 2.10. The van der Waals surface area contributed by atoms with E-state index in [-0.39, 0.29) is 24.2 Å². The molecule has 0 saturated heterocycles. The van der Waals surface area contributed by atoms with Crippen molar-refractivity contribution in [3.05, 3.63) is 11.9 Å². The lowest BCUT2D eigenvalue weighted by molar-refractivity contribution is -0.121. The van der Waals surface area contributed by atoms with Gasteiger partial charge in [0.25, 0.3) is 0 Å². The molecule has 1 rings (SSSR count). The zero-order valence-corrected chi connectivity index (χ0v) is 11.7. The van der Waals surface area contributed by atoms with Gasteiger partial charge in [-0.15, -0.1) is 5.10 Å². The van der Waals surface area contributed by atoms with Crippen molar-refractivity contribution in [1.29, 1.82) is 0 Å². The molecule has 20 heavy (non-hydrogen) atoms. The normalized spacial score (nSPS) is 10.8. The number of aromatic nitrogens is 3. The molecule has 0 unspecified atom stereocenters. The maximum atomic E-state index is 11.6. The second kappa shape index (κ2) is 8.26. The summed E-state index contributed by atoms with van der Waals surface area (Å²) >= 11 is 0. The number of aromatic carboxylic acids is 1. The quantitative estimate of drug-likeness (QED) is 0.632. The molecule has 1 heterocycles. The molecule has 0 bridgehead atoms. The Kier molecular flexibility index (Phi) is 6.65. The standard InChI is InChI=1S/C12H20N4O4/c1-9(2)20-6-4-3-5-13-11(17)8-16-7-10(12(18)19)14-15-16/h7,9H,3-6,8H2,1-2H3,(H,13,17)(H,18,19). The van der Waals surface area contributed by atoms with Gasteiger partial charge in [-0.05, 0) is 26.7 Å². The van der Waals surface area contributed by atoms with Crippen LogP contribution in [-0.4, -0.2) is 51.2 Å². The van der Waals surface area contributed by atoms with Gasteiger partial charge in [-0.1, -0.05) is 5.21 Å². The summed E-state index contributed by atoms with van der Waals surface area (Å²) in [6, 6.07) is 0. The van der Waals surface area contributed by atoms with Crippen LogP contribution >= 0.6 is 0 Å². The highest BCUT2D eigenvalue weighted by molar-refractivity contribution is 5.84. The lowest BCUT2D eigenvalue weighted by Gasteiger charge is -2.07. The van der Waals surface area contributed by atoms with Crippen molar-refractivity contribution in [2.24, 2.45) is 0 Å². The molecule has 112 valence electrons. The van der Waals surface area contributed by atoms with Crippen molar-refractivity contribution >= 4 is 11.9 Å². The second-order valence-corrected chi connectivity index (χ2v) is 4.58. The number of carboxylic acid groups (broad SMARTS) is 1. The van der Waals surface area contributed by atoms with Gasteiger partial charge in [0.15, 0.2) is 5.69 Å². The van der Waals surface area contributed by atoms with Crippen molar-refractivity contribution in [3.63, 3.8) is 0 Å². The van der Waals surface area contributed by atoms with Crippen molar-refractivity contribution < 1.29 is 19.4 Å². The Morgan fingerprint density at radius 1 is 1.45 bits per heavy atom. The molecule has 0 radical (unpaired) electrons. The minimum atomic E-state index is -1.16. The number of amides is 1. The Morgan fingerprint density at radius 2 is 2.20 bits per heavy atom. The van der Waals surface area contributed by atoms with E-state index in [9.17, 15) is 9.59 Å². The van der Waals surface area contributed by atoms with Gasteiger partial charge in [0.2, 0.25) is 5.91 Å². The van der Waals surface area contributed by atoms with Gasteiger partial charge >= 0.3 is 5.97 Å². The molecular weight excluding hydrogens is 264 g/mol. The molecule has 0 aliphatic heterocycles. The van der Waals surface area contributed by atoms with Gasteiger partial charge in [-0.25, -0.2) is 9.48 Å². The van der Waals surface area contributed by atoms with E-state index >= 15 is 0 Å². The zero-order valence-electron chi connectivity index (χ0n) is 11.7. The van der Waals surface area contributed by atoms with E-state index in [1.165, 1.54) is 10.9 Å². The smallest absolute Gasteiger partial charge is 0.358 e. The Bertz CT molecular complexity index is 444. The number of nitrogens with zero attached hydrogens (tertiary/aromatic N) is 3. The average Bonchev–Trinajstić information content (AvgIpc) is 2.81. The van der Waals surface area contributed by atoms with Crippen molar-refractivity contribution in [2.45, 2.75) is 39.3 Å². The Hall–Kier alpha value is -1.96. The number of hydrogen-bond acceptors (Lipinski definition) is 5. The lowest BCUT2D eigenvalue weighted by atomic mass is 10.3. The highest BCUT2D eigenvalue weighted by atomic mass is 16.5. The molecule has 0 aliphatic rings. The molecule has 0 aliphatic carbocycles. The van der Waals surface area contributed by atoms with Crippen LogP contribution in [0.1, 0.15) is 37.2 Å². The van der Waals surface area contributed by atoms with Crippen LogP contribution in [-0.2, 0) is 16.1 Å². The van der Waals surface area contributed by atoms with Gasteiger partial charge in [-0.3, -0.25) is 4.79 Å². The van der Waals surface area contributed by atoms with Gasteiger partial charge in [0.1, 0.15) is 6.54 Å². The monoisotopic (exact) mass is 284 g/mol. The van der Waals surface area contributed by atoms with Crippen molar-refractivity contribution in [2.75, 3.05) is 13.2 Å². The molecular formula is C12H20N4O4. The first kappa shape index (κ1) is 16.1. The van der Waals surface area contributed by atoms with Crippen LogP contribution in [0.15, 0.2) is 6.20 Å². The fourth-order valence-electron chi connectivity index (χ4n) is 1.45. The molecule has 0 aromatic carbocycles. The number of carbonyl (C=O) groups is 2. The van der Waals surface area contributed by atoms with Gasteiger partial charge in [-0.2, -0.15) is 0 Å². The number of carbonyl (C=O) groups excluding carboxylic acids is 1. The summed E-state index contributed by atoms with van der Waals surface area (Å²) in [5.74, 6) is -1.39. The summed E-state index contributed by atoms with van der Waals surface area (Å²) in [5.41, 5.74) is -0.177. The molecule has 8 nitrogen and oxygen atoms in total. The number of carboxylic acids is 1. The summed E-state index contributed by atoms with van der Waals surface area (Å²) in [4.78, 5) is 22.1. The average molecular weight is 284 g/mol. The maximum absolute atomic E-state index is 11.6. The van der Waals surface area contributed by atoms with E-state index in [0.29, 0.717) is 13.2 Å². The van der Waals surface area contributed by atoms with Crippen LogP contribution in [0.5, 0.6) is 0 Å². The first-order valence-electron chi connectivity index (χ1n) is 6.50. The second-order valence-electron chi connectivity index (χ2n) is 4.58. The molecule has 0 fully saturated rings. The van der Waals surface area contributed by atoms with Crippen LogP contribution in [0.2, 0.25) is 0 Å². The Balaban J connectivity index is 2.15. The minimum Gasteiger partial charge on any atom is -0.476 e. The van der Waals surface area contributed by atoms with Crippen LogP contribution in [0.25, 0.3) is 0 Å². The van der Waals surface area contributed by atoms with E-state index in [1.807, 2.05) is 13.8 Å². The molecule has 0 spiro atoms. The number of nitrogens with one attached hydrogen (secondary N) is 1. The number of ether oxygens (including phenoxy) is 1. The molecule has 0 atom stereocenters. The summed E-state index contributed by atoms with van der Waals surface area (Å²) in [5, 5.41) is 18.4. The number of unbranched alkanes of at least 4 members (excludes halogenated alkanes) is 1.